The molecule has 510 valence electrons. The normalized spacial score (nSPS) is 12.0. The molecule has 5 heterocycles. The number of para-hydroxylation sites is 4. The van der Waals surface area contributed by atoms with E-state index in [4.69, 9.17) is 34.4 Å². The molecule has 0 saturated heterocycles. The van der Waals surface area contributed by atoms with Crippen LogP contribution in [0.3, 0.4) is 0 Å². The first-order chi connectivity index (χ1) is 53.4. The molecular weight excluding hydrogens is 1330 g/mol. The van der Waals surface area contributed by atoms with E-state index in [1.807, 2.05) is 170 Å². The minimum absolute atomic E-state index is 0.0331. The van der Waals surface area contributed by atoms with Crippen molar-refractivity contribution >= 4 is 91.0 Å². The molecule has 3 aromatic heterocycles. The van der Waals surface area contributed by atoms with Crippen LogP contribution in [0.5, 0.6) is 0 Å². The Morgan fingerprint density at radius 1 is 0.296 bits per heavy atom. The minimum atomic E-state index is -0.494. The van der Waals surface area contributed by atoms with Gasteiger partial charge < -0.3 is 23.8 Å². The van der Waals surface area contributed by atoms with Crippen molar-refractivity contribution < 1.29 is 19.1 Å². The lowest BCUT2D eigenvalue weighted by molar-refractivity contribution is 0.0464. The summed E-state index contributed by atoms with van der Waals surface area (Å²) in [6.07, 6.45) is 0. The molecule has 0 radical (unpaired) electrons. The van der Waals surface area contributed by atoms with Gasteiger partial charge in [-0.2, -0.15) is 0 Å². The lowest BCUT2D eigenvalue weighted by Crippen LogP contribution is -2.61. The van der Waals surface area contributed by atoms with Gasteiger partial charge in [-0.25, -0.2) is 34.5 Å². The fourth-order valence-electron chi connectivity index (χ4n) is 15.2. The van der Waals surface area contributed by atoms with E-state index in [9.17, 15) is 9.59 Å². The van der Waals surface area contributed by atoms with Crippen LogP contribution in [0.1, 0.15) is 31.8 Å². The lowest BCUT2D eigenvalue weighted by atomic mass is 9.33. The minimum Gasteiger partial charge on any atom is -0.457 e. The SMILES string of the molecule is O=C(OCc1ccccc1)c1ccc2c(c1)c1cc(C(=O)OCc3ccccc3)ccc1n2-c1ccc(-c2cc(-c3ccccc3)nc(-c3ccccc3)n2)cc1-c1nc(-c2ccccc2)nc(-c2ccc(-c3cc4c5c(c3)N(c3ccccc3)c3ccccc3B5c3ccccc3N4c3ccccc3)cc2)n1. The van der Waals surface area contributed by atoms with Crippen molar-refractivity contribution in [2.24, 2.45) is 0 Å². The van der Waals surface area contributed by atoms with E-state index >= 15 is 0 Å². The van der Waals surface area contributed by atoms with Gasteiger partial charge in [0.25, 0.3) is 6.71 Å². The van der Waals surface area contributed by atoms with Crippen LogP contribution in [-0.4, -0.2) is 48.1 Å². The summed E-state index contributed by atoms with van der Waals surface area (Å²) in [6, 6.07) is 121. The van der Waals surface area contributed by atoms with Gasteiger partial charge in [-0.3, -0.25) is 0 Å². The maximum absolute atomic E-state index is 14.2. The highest BCUT2D eigenvalue weighted by atomic mass is 16.5. The molecule has 0 fully saturated rings. The first-order valence-corrected chi connectivity index (χ1v) is 36.0. The highest BCUT2D eigenvalue weighted by molar-refractivity contribution is 7.00. The summed E-state index contributed by atoms with van der Waals surface area (Å²) >= 11 is 0. The molecule has 0 N–H and O–H groups in total. The number of aromatic nitrogens is 6. The van der Waals surface area contributed by atoms with E-state index in [1.54, 1.807) is 12.1 Å². The van der Waals surface area contributed by atoms with Gasteiger partial charge in [0, 0.05) is 78.3 Å². The number of rotatable bonds is 16. The van der Waals surface area contributed by atoms with Crippen LogP contribution >= 0.6 is 0 Å². The average Bonchev–Trinajstić information content (AvgIpc) is 0.822. The first-order valence-electron chi connectivity index (χ1n) is 36.0. The molecule has 14 aromatic carbocycles. The molecule has 13 heteroatoms. The van der Waals surface area contributed by atoms with E-state index in [0.29, 0.717) is 62.1 Å². The van der Waals surface area contributed by atoms with Crippen LogP contribution in [0.2, 0.25) is 0 Å². The Hall–Kier alpha value is -14.4. The second kappa shape index (κ2) is 27.6. The third kappa shape index (κ3) is 12.0. The van der Waals surface area contributed by atoms with E-state index in [-0.39, 0.29) is 19.9 Å². The van der Waals surface area contributed by atoms with Crippen molar-refractivity contribution in [3.63, 3.8) is 0 Å². The Balaban J connectivity index is 0.801. The van der Waals surface area contributed by atoms with Gasteiger partial charge in [0.05, 0.1) is 39.2 Å². The van der Waals surface area contributed by atoms with Crippen molar-refractivity contribution in [3.05, 3.63) is 380 Å². The Bertz CT molecular complexity index is 6010. The molecule has 17 aromatic rings. The fourth-order valence-corrected chi connectivity index (χ4v) is 15.2. The van der Waals surface area contributed by atoms with Gasteiger partial charge in [-0.1, -0.05) is 255 Å². The lowest BCUT2D eigenvalue weighted by Gasteiger charge is -2.44. The number of carbonyl (C=O) groups excluding carboxylic acids is 2. The van der Waals surface area contributed by atoms with Gasteiger partial charge in [0.15, 0.2) is 23.3 Å². The molecule has 108 heavy (non-hydrogen) atoms. The zero-order chi connectivity index (χ0) is 72.0. The van der Waals surface area contributed by atoms with E-state index in [2.05, 4.69) is 190 Å². The van der Waals surface area contributed by atoms with Crippen molar-refractivity contribution in [1.82, 2.24) is 29.5 Å². The summed E-state index contributed by atoms with van der Waals surface area (Å²) in [5, 5.41) is 1.39. The molecular formula is C95H63BN8O4. The molecule has 0 saturated carbocycles. The second-order valence-corrected chi connectivity index (χ2v) is 26.9. The molecule has 2 aliphatic heterocycles. The van der Waals surface area contributed by atoms with Gasteiger partial charge in [0.2, 0.25) is 0 Å². The third-order valence-corrected chi connectivity index (χ3v) is 20.3. The van der Waals surface area contributed by atoms with Gasteiger partial charge >= 0.3 is 11.9 Å². The number of anilines is 6. The van der Waals surface area contributed by atoms with Gasteiger partial charge in [-0.05, 0) is 142 Å². The number of benzene rings is 14. The molecule has 0 unspecified atom stereocenters. The van der Waals surface area contributed by atoms with Crippen LogP contribution in [0, 0.1) is 0 Å². The summed E-state index contributed by atoms with van der Waals surface area (Å²) in [5.74, 6) is 0.857. The van der Waals surface area contributed by atoms with Crippen LogP contribution in [-0.2, 0) is 22.7 Å². The Kier molecular flexibility index (Phi) is 16.5. The largest absolute Gasteiger partial charge is 0.457 e. The molecule has 0 spiro atoms. The van der Waals surface area contributed by atoms with Crippen LogP contribution < -0.4 is 26.2 Å². The molecule has 19 rings (SSSR count). The number of fused-ring (bicyclic) bond motifs is 7. The zero-order valence-electron chi connectivity index (χ0n) is 58.3. The molecule has 0 aliphatic carbocycles. The number of ether oxygens (including phenoxy) is 2. The predicted molar refractivity (Wildman–Crippen MR) is 433 cm³/mol. The Morgan fingerprint density at radius 3 is 1.18 bits per heavy atom. The van der Waals surface area contributed by atoms with E-state index in [0.717, 1.165) is 101 Å². The summed E-state index contributed by atoms with van der Waals surface area (Å²) < 4.78 is 14.1. The monoisotopic (exact) mass is 1390 g/mol. The molecule has 12 nitrogen and oxygen atoms in total. The maximum atomic E-state index is 14.2. The molecule has 0 amide bonds. The van der Waals surface area contributed by atoms with Gasteiger partial charge in [-0.15, -0.1) is 0 Å². The zero-order valence-corrected chi connectivity index (χ0v) is 58.3. The molecule has 0 atom stereocenters. The number of hydrogen-bond donors (Lipinski definition) is 0. The summed E-state index contributed by atoms with van der Waals surface area (Å²) in [4.78, 5) is 60.3. The number of carbonyl (C=O) groups is 2. The smallest absolute Gasteiger partial charge is 0.338 e. The van der Waals surface area contributed by atoms with Crippen molar-refractivity contribution in [2.45, 2.75) is 13.2 Å². The molecule has 2 aliphatic rings. The van der Waals surface area contributed by atoms with Crippen molar-refractivity contribution in [2.75, 3.05) is 9.80 Å². The van der Waals surface area contributed by atoms with Gasteiger partial charge in [0.1, 0.15) is 13.2 Å². The number of nitrogens with zero attached hydrogens (tertiary/aromatic N) is 8. The quantitative estimate of drug-likeness (QED) is 0.0677. The van der Waals surface area contributed by atoms with Crippen molar-refractivity contribution in [3.8, 4) is 84.9 Å². The topological polar surface area (TPSA) is 128 Å². The number of esters is 2. The maximum Gasteiger partial charge on any atom is 0.338 e. The molecule has 0 bridgehead atoms. The number of hydrogen-bond acceptors (Lipinski definition) is 11. The summed E-state index contributed by atoms with van der Waals surface area (Å²) in [6.45, 7) is 0.144. The first kappa shape index (κ1) is 64.4. The van der Waals surface area contributed by atoms with E-state index < -0.39 is 11.9 Å². The standard InChI is InChI=1S/C95H63BN8O4/c105-94(107-60-62-26-8-1-9-27-62)70-49-52-82-75(55-70)76-56-71(95(106)108-61-63-28-10-2-11-29-63)50-53-83(76)104(82)84-51-48-69(81-59-80(65-30-12-3-13-31-65)97-90(98-81)66-32-14-4-15-33-66)54-77(84)93-100-91(67-34-16-5-17-35-67)99-92(101-93)68-46-44-64(45-47-68)72-57-87-89-88(58-72)103(74-38-20-7-21-39-74)86-43-25-23-41-79(86)96(89)78-40-22-24-42-85(78)102(87)73-36-18-6-19-37-73/h1-59H,60-61H2. The highest BCUT2D eigenvalue weighted by Gasteiger charge is 2.43. The van der Waals surface area contributed by atoms with Crippen LogP contribution in [0.25, 0.3) is 107 Å². The fraction of sp³-hybridized carbons (Fsp3) is 0.0211. The Labute approximate surface area is 623 Å². The predicted octanol–water partition coefficient (Wildman–Crippen LogP) is 20.2. The van der Waals surface area contributed by atoms with E-state index in [1.165, 1.54) is 16.4 Å². The summed E-state index contributed by atoms with van der Waals surface area (Å²) in [5.41, 5.74) is 23.1. The van der Waals surface area contributed by atoms with Crippen LogP contribution in [0.4, 0.5) is 34.1 Å². The average molecular weight is 1390 g/mol. The van der Waals surface area contributed by atoms with Crippen molar-refractivity contribution in [1.29, 1.82) is 0 Å². The second-order valence-electron chi connectivity index (χ2n) is 26.9. The Morgan fingerprint density at radius 2 is 0.685 bits per heavy atom. The summed E-state index contributed by atoms with van der Waals surface area (Å²) in [7, 11) is 0. The highest BCUT2D eigenvalue weighted by Crippen LogP contribution is 2.47. The third-order valence-electron chi connectivity index (χ3n) is 20.3. The van der Waals surface area contributed by atoms with Crippen LogP contribution in [0.15, 0.2) is 358 Å².